The minimum Gasteiger partial charge on any atom is -0.395 e. The molecule has 0 saturated heterocycles. The number of carbonyl (C=O) groups excluding carboxylic acids is 2. The maximum Gasteiger partial charge on any atom is 0.416 e. The van der Waals surface area contributed by atoms with E-state index in [0.29, 0.717) is 0 Å². The first-order valence-corrected chi connectivity index (χ1v) is 6.92. The summed E-state index contributed by atoms with van der Waals surface area (Å²) in [6, 6.07) is 4.52. The van der Waals surface area contributed by atoms with E-state index in [1.165, 1.54) is 26.0 Å². The van der Waals surface area contributed by atoms with E-state index in [1.807, 2.05) is 0 Å². The van der Waals surface area contributed by atoms with Crippen LogP contribution >= 0.6 is 0 Å². The van der Waals surface area contributed by atoms with Gasteiger partial charge in [-0.1, -0.05) is 18.2 Å². The summed E-state index contributed by atoms with van der Waals surface area (Å²) in [7, 11) is 0. The first-order chi connectivity index (χ1) is 10.6. The number of amides is 2. The summed E-state index contributed by atoms with van der Waals surface area (Å²) < 4.78 is 38.3. The molecule has 0 unspecified atom stereocenters. The molecule has 1 rings (SSSR count). The van der Waals surface area contributed by atoms with Crippen molar-refractivity contribution >= 4 is 11.8 Å². The molecule has 2 amide bonds. The molecule has 0 fully saturated rings. The van der Waals surface area contributed by atoms with Gasteiger partial charge in [0.1, 0.15) is 0 Å². The molecule has 0 atom stereocenters. The van der Waals surface area contributed by atoms with Crippen LogP contribution in [0.2, 0.25) is 0 Å². The molecule has 0 aromatic heterocycles. The van der Waals surface area contributed by atoms with Crippen LogP contribution in [-0.2, 0) is 21.2 Å². The van der Waals surface area contributed by atoms with Crippen LogP contribution in [0.15, 0.2) is 24.3 Å². The highest BCUT2D eigenvalue weighted by Gasteiger charge is 2.34. The summed E-state index contributed by atoms with van der Waals surface area (Å²) in [6.07, 6.45) is -4.49. The maximum atomic E-state index is 12.8. The number of halogens is 3. The largest absolute Gasteiger partial charge is 0.416 e. The van der Waals surface area contributed by atoms with Gasteiger partial charge in [0.15, 0.2) is 0 Å². The number of aliphatic hydroxyl groups excluding tert-OH is 1. The van der Waals surface area contributed by atoms with Crippen LogP contribution in [0.1, 0.15) is 25.0 Å². The average molecular weight is 332 g/mol. The minimum atomic E-state index is -4.49. The highest BCUT2D eigenvalue weighted by atomic mass is 19.4. The Balaban J connectivity index is 2.81. The van der Waals surface area contributed by atoms with Crippen molar-refractivity contribution in [2.45, 2.75) is 25.4 Å². The Morgan fingerprint density at radius 2 is 1.74 bits per heavy atom. The van der Waals surface area contributed by atoms with Gasteiger partial charge in [-0.2, -0.15) is 13.2 Å². The molecule has 0 aliphatic rings. The van der Waals surface area contributed by atoms with Gasteiger partial charge in [0.05, 0.1) is 24.1 Å². The van der Waals surface area contributed by atoms with Crippen molar-refractivity contribution in [3.63, 3.8) is 0 Å². The monoisotopic (exact) mass is 332 g/mol. The van der Waals surface area contributed by atoms with Gasteiger partial charge in [-0.3, -0.25) is 9.59 Å². The number of benzene rings is 1. The van der Waals surface area contributed by atoms with E-state index in [9.17, 15) is 22.8 Å². The zero-order valence-corrected chi connectivity index (χ0v) is 12.8. The predicted octanol–water partition coefficient (Wildman–Crippen LogP) is 1.21. The van der Waals surface area contributed by atoms with Crippen molar-refractivity contribution in [2.75, 3.05) is 19.7 Å². The topological polar surface area (TPSA) is 78.4 Å². The summed E-state index contributed by atoms with van der Waals surface area (Å²) in [6.45, 7) is 2.47. The van der Waals surface area contributed by atoms with E-state index in [0.717, 1.165) is 12.1 Å². The number of nitrogens with one attached hydrogen (secondary N) is 2. The average Bonchev–Trinajstić information content (AvgIpc) is 2.49. The second-order valence-electron chi connectivity index (χ2n) is 5.46. The van der Waals surface area contributed by atoms with Crippen molar-refractivity contribution in [3.8, 4) is 0 Å². The third-order valence-electron chi connectivity index (χ3n) is 3.32. The van der Waals surface area contributed by atoms with Gasteiger partial charge in [-0.25, -0.2) is 0 Å². The quantitative estimate of drug-likeness (QED) is 0.733. The van der Waals surface area contributed by atoms with Crippen LogP contribution < -0.4 is 10.6 Å². The van der Waals surface area contributed by atoms with Gasteiger partial charge in [0.2, 0.25) is 11.8 Å². The molecular formula is C15H19F3N2O3. The predicted molar refractivity (Wildman–Crippen MR) is 77.6 cm³/mol. The smallest absolute Gasteiger partial charge is 0.395 e. The number of hydrogen-bond donors (Lipinski definition) is 3. The van der Waals surface area contributed by atoms with Crippen molar-refractivity contribution in [1.82, 2.24) is 10.6 Å². The lowest BCUT2D eigenvalue weighted by Crippen LogP contribution is -2.45. The highest BCUT2D eigenvalue weighted by Crippen LogP contribution is 2.32. The van der Waals surface area contributed by atoms with Gasteiger partial charge in [-0.15, -0.1) is 0 Å². The molecule has 0 saturated carbocycles. The Kier molecular flexibility index (Phi) is 6.14. The zero-order valence-electron chi connectivity index (χ0n) is 12.8. The number of alkyl halides is 3. The second kappa shape index (κ2) is 7.45. The lowest BCUT2D eigenvalue weighted by Gasteiger charge is -2.25. The number of carbonyl (C=O) groups is 2. The molecule has 0 bridgehead atoms. The van der Waals surface area contributed by atoms with Crippen LogP contribution in [-0.4, -0.2) is 36.6 Å². The first-order valence-electron chi connectivity index (χ1n) is 6.92. The third kappa shape index (κ3) is 5.24. The number of rotatable bonds is 6. The fourth-order valence-corrected chi connectivity index (χ4v) is 1.85. The lowest BCUT2D eigenvalue weighted by molar-refractivity contribution is -0.137. The van der Waals surface area contributed by atoms with E-state index in [2.05, 4.69) is 10.6 Å². The molecule has 0 spiro atoms. The van der Waals surface area contributed by atoms with Crippen molar-refractivity contribution < 1.29 is 27.9 Å². The van der Waals surface area contributed by atoms with E-state index < -0.39 is 29.0 Å². The molecule has 23 heavy (non-hydrogen) atoms. The van der Waals surface area contributed by atoms with Gasteiger partial charge < -0.3 is 15.7 Å². The molecule has 5 nitrogen and oxygen atoms in total. The van der Waals surface area contributed by atoms with Crippen LogP contribution in [0, 0.1) is 0 Å². The van der Waals surface area contributed by atoms with E-state index >= 15 is 0 Å². The fourth-order valence-electron chi connectivity index (χ4n) is 1.85. The molecule has 3 N–H and O–H groups in total. The molecular weight excluding hydrogens is 313 g/mol. The normalized spacial score (nSPS) is 11.9. The van der Waals surface area contributed by atoms with Gasteiger partial charge in [0, 0.05) is 6.54 Å². The van der Waals surface area contributed by atoms with Crippen molar-refractivity contribution in [2.24, 2.45) is 0 Å². The Labute approximate surface area is 131 Å². The number of hydrogen-bond acceptors (Lipinski definition) is 3. The van der Waals surface area contributed by atoms with Gasteiger partial charge in [-0.05, 0) is 25.5 Å². The van der Waals surface area contributed by atoms with Crippen molar-refractivity contribution in [3.05, 3.63) is 35.4 Å². The van der Waals surface area contributed by atoms with Crippen LogP contribution in [0.5, 0.6) is 0 Å². The van der Waals surface area contributed by atoms with Crippen molar-refractivity contribution in [1.29, 1.82) is 0 Å². The Bertz CT molecular complexity index is 571. The Morgan fingerprint density at radius 3 is 2.30 bits per heavy atom. The fraction of sp³-hybridized carbons (Fsp3) is 0.467. The standard InChI is InChI=1S/C15H19F3N2O3/c1-14(2,13(23)20-9-12(22)19-6-7-21)10-4-3-5-11(8-10)15(16,17)18/h3-5,8,21H,6-7,9H2,1-2H3,(H,19,22)(H,20,23). The second-order valence-corrected chi connectivity index (χ2v) is 5.46. The molecule has 0 aliphatic heterocycles. The van der Waals surface area contributed by atoms with Crippen LogP contribution in [0.3, 0.4) is 0 Å². The van der Waals surface area contributed by atoms with Crippen LogP contribution in [0.25, 0.3) is 0 Å². The summed E-state index contributed by atoms with van der Waals surface area (Å²) in [4.78, 5) is 23.6. The summed E-state index contributed by atoms with van der Waals surface area (Å²) in [5.41, 5.74) is -1.88. The molecule has 8 heteroatoms. The summed E-state index contributed by atoms with van der Waals surface area (Å²) in [5, 5.41) is 13.3. The molecule has 0 heterocycles. The van der Waals surface area contributed by atoms with Crippen LogP contribution in [0.4, 0.5) is 13.2 Å². The molecule has 1 aromatic rings. The van der Waals surface area contributed by atoms with E-state index in [-0.39, 0.29) is 25.3 Å². The highest BCUT2D eigenvalue weighted by molar-refractivity contribution is 5.90. The van der Waals surface area contributed by atoms with Gasteiger partial charge in [0.25, 0.3) is 0 Å². The van der Waals surface area contributed by atoms with E-state index in [1.54, 1.807) is 0 Å². The summed E-state index contributed by atoms with van der Waals surface area (Å²) >= 11 is 0. The Morgan fingerprint density at radius 1 is 1.13 bits per heavy atom. The lowest BCUT2D eigenvalue weighted by atomic mass is 9.83. The Hall–Kier alpha value is -2.09. The molecule has 0 aliphatic carbocycles. The SMILES string of the molecule is CC(C)(C(=O)NCC(=O)NCCO)c1cccc(C(F)(F)F)c1. The first kappa shape index (κ1) is 19.0. The molecule has 1 aromatic carbocycles. The summed E-state index contributed by atoms with van der Waals surface area (Å²) in [5.74, 6) is -1.07. The van der Waals surface area contributed by atoms with E-state index in [4.69, 9.17) is 5.11 Å². The third-order valence-corrected chi connectivity index (χ3v) is 3.32. The maximum absolute atomic E-state index is 12.8. The minimum absolute atomic E-state index is 0.0612. The van der Waals surface area contributed by atoms with Gasteiger partial charge >= 0.3 is 6.18 Å². The number of aliphatic hydroxyl groups is 1. The molecule has 128 valence electrons. The molecule has 0 radical (unpaired) electrons. The zero-order chi connectivity index (χ0) is 17.7.